The molecule has 1 N–H and O–H groups in total. The van der Waals surface area contributed by atoms with E-state index in [2.05, 4.69) is 66.7 Å². The lowest BCUT2D eigenvalue weighted by Gasteiger charge is -2.30. The van der Waals surface area contributed by atoms with E-state index in [9.17, 15) is 9.90 Å². The van der Waals surface area contributed by atoms with Crippen molar-refractivity contribution in [1.29, 1.82) is 0 Å². The highest BCUT2D eigenvalue weighted by Crippen LogP contribution is 2.63. The SMILES string of the molecule is O=C(O)Oc1cccc2c1-c1ccccc1C21c2ccccc2-c2ccccc21. The first-order chi connectivity index (χ1) is 14.2. The molecule has 138 valence electrons. The molecule has 2 aliphatic rings. The summed E-state index contributed by atoms with van der Waals surface area (Å²) in [6.07, 6.45) is -1.30. The molecule has 0 heterocycles. The zero-order valence-corrected chi connectivity index (χ0v) is 15.4. The molecule has 1 spiro atoms. The van der Waals surface area contributed by atoms with Gasteiger partial charge >= 0.3 is 6.16 Å². The first-order valence-corrected chi connectivity index (χ1v) is 9.56. The lowest BCUT2D eigenvalue weighted by atomic mass is 9.70. The van der Waals surface area contributed by atoms with Crippen molar-refractivity contribution >= 4 is 6.16 Å². The maximum absolute atomic E-state index is 11.4. The summed E-state index contributed by atoms with van der Waals surface area (Å²) in [6, 6.07) is 31.0. The van der Waals surface area contributed by atoms with E-state index in [1.807, 2.05) is 18.2 Å². The van der Waals surface area contributed by atoms with Gasteiger partial charge in [0.05, 0.1) is 5.41 Å². The Kier molecular flexibility index (Phi) is 3.11. The van der Waals surface area contributed by atoms with Gasteiger partial charge < -0.3 is 9.84 Å². The summed E-state index contributed by atoms with van der Waals surface area (Å²) in [5, 5.41) is 9.30. The topological polar surface area (TPSA) is 46.5 Å². The fourth-order valence-corrected chi connectivity index (χ4v) is 5.29. The molecule has 0 radical (unpaired) electrons. The fourth-order valence-electron chi connectivity index (χ4n) is 5.29. The van der Waals surface area contributed by atoms with Crippen LogP contribution >= 0.6 is 0 Å². The van der Waals surface area contributed by atoms with E-state index in [4.69, 9.17) is 4.74 Å². The quantitative estimate of drug-likeness (QED) is 0.279. The molecule has 0 saturated carbocycles. The predicted octanol–water partition coefficient (Wildman–Crippen LogP) is 6.09. The second kappa shape index (κ2) is 5.58. The highest BCUT2D eigenvalue weighted by Gasteiger charge is 2.52. The van der Waals surface area contributed by atoms with Crippen molar-refractivity contribution in [1.82, 2.24) is 0 Å². The van der Waals surface area contributed by atoms with Gasteiger partial charge in [-0.2, -0.15) is 0 Å². The number of hydrogen-bond donors (Lipinski definition) is 1. The van der Waals surface area contributed by atoms with E-state index in [1.54, 1.807) is 6.07 Å². The number of rotatable bonds is 1. The average molecular weight is 376 g/mol. The minimum absolute atomic E-state index is 0.376. The largest absolute Gasteiger partial charge is 0.511 e. The lowest BCUT2D eigenvalue weighted by molar-refractivity contribution is 0.144. The lowest BCUT2D eigenvalue weighted by Crippen LogP contribution is -2.25. The summed E-state index contributed by atoms with van der Waals surface area (Å²) in [5.74, 6) is 0.376. The molecule has 0 fully saturated rings. The van der Waals surface area contributed by atoms with Crippen LogP contribution < -0.4 is 4.74 Å². The number of ether oxygens (including phenoxy) is 1. The van der Waals surface area contributed by atoms with Crippen LogP contribution in [0.25, 0.3) is 22.3 Å². The van der Waals surface area contributed by atoms with E-state index in [-0.39, 0.29) is 0 Å². The van der Waals surface area contributed by atoms with Gasteiger partial charge in [-0.15, -0.1) is 0 Å². The molecule has 0 aliphatic heterocycles. The van der Waals surface area contributed by atoms with Gasteiger partial charge in [-0.3, -0.25) is 0 Å². The Morgan fingerprint density at radius 2 is 1.10 bits per heavy atom. The van der Waals surface area contributed by atoms with E-state index in [1.165, 1.54) is 22.3 Å². The smallest absolute Gasteiger partial charge is 0.449 e. The molecule has 0 aromatic heterocycles. The van der Waals surface area contributed by atoms with E-state index >= 15 is 0 Å². The van der Waals surface area contributed by atoms with E-state index in [0.29, 0.717) is 5.75 Å². The summed E-state index contributed by atoms with van der Waals surface area (Å²) in [7, 11) is 0. The summed E-state index contributed by atoms with van der Waals surface area (Å²) >= 11 is 0. The molecule has 0 bridgehead atoms. The Hall–Kier alpha value is -3.85. The number of hydrogen-bond acceptors (Lipinski definition) is 2. The van der Waals surface area contributed by atoms with Crippen molar-refractivity contribution < 1.29 is 14.6 Å². The van der Waals surface area contributed by atoms with Gasteiger partial charge in [0.15, 0.2) is 0 Å². The minimum Gasteiger partial charge on any atom is -0.449 e. The molecule has 4 aromatic rings. The summed E-state index contributed by atoms with van der Waals surface area (Å²) < 4.78 is 5.21. The molecule has 0 atom stereocenters. The van der Waals surface area contributed by atoms with Gasteiger partial charge in [0, 0.05) is 5.56 Å². The number of benzene rings is 4. The van der Waals surface area contributed by atoms with Crippen molar-refractivity contribution in [2.45, 2.75) is 5.41 Å². The molecule has 4 aromatic carbocycles. The highest BCUT2D eigenvalue weighted by molar-refractivity contribution is 5.96. The second-order valence-electron chi connectivity index (χ2n) is 7.43. The van der Waals surface area contributed by atoms with E-state index < -0.39 is 11.6 Å². The molecule has 3 nitrogen and oxygen atoms in total. The van der Waals surface area contributed by atoms with Crippen molar-refractivity contribution in [2.75, 3.05) is 0 Å². The van der Waals surface area contributed by atoms with E-state index in [0.717, 1.165) is 22.3 Å². The molecule has 0 amide bonds. The normalized spacial score (nSPS) is 14.1. The first-order valence-electron chi connectivity index (χ1n) is 9.56. The van der Waals surface area contributed by atoms with Gasteiger partial charge in [-0.25, -0.2) is 4.79 Å². The van der Waals surface area contributed by atoms with Crippen LogP contribution in [0.4, 0.5) is 4.79 Å². The van der Waals surface area contributed by atoms with Gasteiger partial charge in [-0.05, 0) is 45.0 Å². The third-order valence-electron chi connectivity index (χ3n) is 6.18. The Balaban J connectivity index is 1.81. The highest BCUT2D eigenvalue weighted by atomic mass is 16.7. The molecular formula is C26H16O3. The van der Waals surface area contributed by atoms with Crippen LogP contribution in [0.1, 0.15) is 22.3 Å². The minimum atomic E-state index is -1.30. The Morgan fingerprint density at radius 3 is 1.69 bits per heavy atom. The third kappa shape index (κ3) is 1.89. The van der Waals surface area contributed by atoms with Gasteiger partial charge in [0.25, 0.3) is 0 Å². The number of carbonyl (C=O) groups is 1. The van der Waals surface area contributed by atoms with Crippen LogP contribution in [-0.4, -0.2) is 11.3 Å². The molecular weight excluding hydrogens is 360 g/mol. The second-order valence-corrected chi connectivity index (χ2v) is 7.43. The number of carboxylic acid groups (broad SMARTS) is 1. The summed E-state index contributed by atoms with van der Waals surface area (Å²) in [4.78, 5) is 11.4. The van der Waals surface area contributed by atoms with Gasteiger partial charge in [0.1, 0.15) is 5.75 Å². The third-order valence-corrected chi connectivity index (χ3v) is 6.18. The summed E-state index contributed by atoms with van der Waals surface area (Å²) in [6.45, 7) is 0. The fraction of sp³-hybridized carbons (Fsp3) is 0.0385. The maximum Gasteiger partial charge on any atom is 0.511 e. The predicted molar refractivity (Wildman–Crippen MR) is 111 cm³/mol. The van der Waals surface area contributed by atoms with Crippen molar-refractivity contribution in [2.24, 2.45) is 0 Å². The van der Waals surface area contributed by atoms with Crippen molar-refractivity contribution in [3.63, 3.8) is 0 Å². The monoisotopic (exact) mass is 376 g/mol. The average Bonchev–Trinajstić information content (AvgIpc) is 3.22. The van der Waals surface area contributed by atoms with Crippen LogP contribution in [0, 0.1) is 0 Å². The van der Waals surface area contributed by atoms with Crippen LogP contribution in [0.15, 0.2) is 91.0 Å². The molecule has 6 rings (SSSR count). The number of fused-ring (bicyclic) bond motifs is 10. The molecule has 0 unspecified atom stereocenters. The summed E-state index contributed by atoms with van der Waals surface area (Å²) in [5.41, 5.74) is 8.51. The van der Waals surface area contributed by atoms with Gasteiger partial charge in [0.2, 0.25) is 0 Å². The molecule has 3 heteroatoms. The standard InChI is InChI=1S/C26H16O3/c27-25(28)29-23-15-7-14-22-24(23)18-10-3-6-13-21(18)26(22)19-11-4-1-8-16(19)17-9-2-5-12-20(17)26/h1-15H,(H,27,28). The van der Waals surface area contributed by atoms with Crippen LogP contribution in [0.2, 0.25) is 0 Å². The Morgan fingerprint density at radius 1 is 0.621 bits per heavy atom. The van der Waals surface area contributed by atoms with Crippen molar-refractivity contribution in [3.05, 3.63) is 113 Å². The van der Waals surface area contributed by atoms with Crippen LogP contribution in [0.3, 0.4) is 0 Å². The molecule has 29 heavy (non-hydrogen) atoms. The molecule has 0 saturated heterocycles. The Labute approximate surface area is 167 Å². The van der Waals surface area contributed by atoms with Gasteiger partial charge in [-0.1, -0.05) is 84.9 Å². The zero-order valence-electron chi connectivity index (χ0n) is 15.4. The zero-order chi connectivity index (χ0) is 19.6. The Bertz CT molecular complexity index is 1270. The first kappa shape index (κ1) is 16.1. The van der Waals surface area contributed by atoms with Crippen LogP contribution in [0.5, 0.6) is 5.75 Å². The van der Waals surface area contributed by atoms with Crippen molar-refractivity contribution in [3.8, 4) is 28.0 Å². The van der Waals surface area contributed by atoms with Crippen LogP contribution in [-0.2, 0) is 5.41 Å². The molecule has 2 aliphatic carbocycles. The maximum atomic E-state index is 11.4.